The number of carbonyl (C=O) groups is 1. The summed E-state index contributed by atoms with van der Waals surface area (Å²) in [6, 6.07) is 0. The minimum Gasteiger partial charge on any atom is -0.355 e. The first kappa shape index (κ1) is 12.5. The fourth-order valence-electron chi connectivity index (χ4n) is 4.93. The molecule has 1 unspecified atom stereocenters. The number of hydrogen-bond acceptors (Lipinski definition) is 2. The molecule has 0 spiro atoms. The van der Waals surface area contributed by atoms with Crippen LogP contribution in [0.2, 0.25) is 0 Å². The summed E-state index contributed by atoms with van der Waals surface area (Å²) in [6.07, 6.45) is 7.65. The summed E-state index contributed by atoms with van der Waals surface area (Å²) in [7, 11) is 0. The fourth-order valence-corrected chi connectivity index (χ4v) is 4.93. The van der Waals surface area contributed by atoms with Crippen LogP contribution in [0.3, 0.4) is 0 Å². The smallest absolute Gasteiger partial charge is 0.226 e. The maximum absolute atomic E-state index is 12.6. The van der Waals surface area contributed by atoms with Crippen LogP contribution in [0.25, 0.3) is 0 Å². The Morgan fingerprint density at radius 2 is 1.72 bits per heavy atom. The second kappa shape index (κ2) is 4.52. The summed E-state index contributed by atoms with van der Waals surface area (Å²) >= 11 is 0. The number of carbonyl (C=O) groups excluding carboxylic acids is 1. The van der Waals surface area contributed by atoms with Crippen LogP contribution in [-0.2, 0) is 4.79 Å². The van der Waals surface area contributed by atoms with Gasteiger partial charge in [0.2, 0.25) is 5.91 Å². The van der Waals surface area contributed by atoms with Crippen molar-refractivity contribution in [3.63, 3.8) is 0 Å². The van der Waals surface area contributed by atoms with E-state index >= 15 is 0 Å². The Hall–Kier alpha value is -0.570. The van der Waals surface area contributed by atoms with Gasteiger partial charge in [-0.25, -0.2) is 0 Å². The van der Waals surface area contributed by atoms with Crippen molar-refractivity contribution >= 4 is 5.91 Å². The van der Waals surface area contributed by atoms with Gasteiger partial charge in [-0.2, -0.15) is 0 Å². The van der Waals surface area contributed by atoms with Gasteiger partial charge in [-0.1, -0.05) is 6.92 Å². The summed E-state index contributed by atoms with van der Waals surface area (Å²) in [5.74, 6) is 3.25. The molecule has 1 atom stereocenters. The van der Waals surface area contributed by atoms with Gasteiger partial charge in [0, 0.05) is 12.0 Å². The molecule has 4 rings (SSSR count). The van der Waals surface area contributed by atoms with Gasteiger partial charge in [-0.05, 0) is 68.7 Å². The van der Waals surface area contributed by atoms with Crippen LogP contribution in [-0.4, -0.2) is 19.0 Å². The molecular formula is C15H26N2O. The Bertz CT molecular complexity index is 304. The number of amides is 1. The standard InChI is InChI=1S/C15H26N2O/c1-10(8-16)9-17-14(18)15-5-11-2-12(6-15)4-13(3-11)7-15/h10-13H,2-9,16H2,1H3,(H,17,18). The largest absolute Gasteiger partial charge is 0.355 e. The highest BCUT2D eigenvalue weighted by Gasteiger charge is 2.54. The van der Waals surface area contributed by atoms with Gasteiger partial charge >= 0.3 is 0 Å². The highest BCUT2D eigenvalue weighted by atomic mass is 16.2. The van der Waals surface area contributed by atoms with Crippen molar-refractivity contribution in [1.29, 1.82) is 0 Å². The van der Waals surface area contributed by atoms with E-state index in [1.807, 2.05) is 0 Å². The lowest BCUT2D eigenvalue weighted by Gasteiger charge is -2.55. The molecule has 4 fully saturated rings. The van der Waals surface area contributed by atoms with E-state index in [-0.39, 0.29) is 5.41 Å². The zero-order valence-electron chi connectivity index (χ0n) is 11.5. The molecule has 0 aromatic rings. The number of nitrogens with one attached hydrogen (secondary N) is 1. The number of hydrogen-bond donors (Lipinski definition) is 2. The van der Waals surface area contributed by atoms with E-state index in [0.717, 1.165) is 43.6 Å². The number of nitrogens with two attached hydrogens (primary N) is 1. The Labute approximate surface area is 110 Å². The molecule has 4 bridgehead atoms. The van der Waals surface area contributed by atoms with Crippen LogP contribution in [0.15, 0.2) is 0 Å². The lowest BCUT2D eigenvalue weighted by Crippen LogP contribution is -2.54. The van der Waals surface area contributed by atoms with Crippen LogP contribution in [0.4, 0.5) is 0 Å². The number of rotatable bonds is 4. The second-order valence-corrected chi connectivity index (χ2v) is 7.25. The molecule has 0 radical (unpaired) electrons. The summed E-state index contributed by atoms with van der Waals surface area (Å²) in [5, 5.41) is 3.17. The van der Waals surface area contributed by atoms with E-state index in [2.05, 4.69) is 12.2 Å². The third-order valence-corrected chi connectivity index (χ3v) is 5.53. The molecule has 4 saturated carbocycles. The molecule has 4 aliphatic rings. The van der Waals surface area contributed by atoms with Crippen molar-refractivity contribution < 1.29 is 4.79 Å². The van der Waals surface area contributed by atoms with E-state index in [9.17, 15) is 4.79 Å². The van der Waals surface area contributed by atoms with Crippen molar-refractivity contribution in [3.05, 3.63) is 0 Å². The summed E-state index contributed by atoms with van der Waals surface area (Å²) < 4.78 is 0. The second-order valence-electron chi connectivity index (χ2n) is 7.25. The molecular weight excluding hydrogens is 224 g/mol. The van der Waals surface area contributed by atoms with Gasteiger partial charge < -0.3 is 11.1 Å². The molecule has 0 heterocycles. The van der Waals surface area contributed by atoms with E-state index in [1.165, 1.54) is 19.3 Å². The normalized spacial score (nSPS) is 42.9. The average molecular weight is 250 g/mol. The van der Waals surface area contributed by atoms with E-state index in [4.69, 9.17) is 5.73 Å². The Morgan fingerprint density at radius 1 is 1.22 bits per heavy atom. The fraction of sp³-hybridized carbons (Fsp3) is 0.933. The third-order valence-electron chi connectivity index (χ3n) is 5.53. The van der Waals surface area contributed by atoms with Crippen molar-refractivity contribution in [3.8, 4) is 0 Å². The topological polar surface area (TPSA) is 55.1 Å². The molecule has 0 aromatic carbocycles. The van der Waals surface area contributed by atoms with Crippen LogP contribution in [0, 0.1) is 29.1 Å². The van der Waals surface area contributed by atoms with Gasteiger partial charge in [0.05, 0.1) is 0 Å². The first-order chi connectivity index (χ1) is 8.61. The zero-order valence-corrected chi connectivity index (χ0v) is 11.5. The Morgan fingerprint density at radius 3 is 2.17 bits per heavy atom. The van der Waals surface area contributed by atoms with Crippen molar-refractivity contribution in [2.75, 3.05) is 13.1 Å². The van der Waals surface area contributed by atoms with Gasteiger partial charge in [0.15, 0.2) is 0 Å². The highest BCUT2D eigenvalue weighted by Crippen LogP contribution is 2.60. The quantitative estimate of drug-likeness (QED) is 0.801. The van der Waals surface area contributed by atoms with Crippen LogP contribution < -0.4 is 11.1 Å². The first-order valence-corrected chi connectivity index (χ1v) is 7.59. The molecule has 3 N–H and O–H groups in total. The molecule has 0 aromatic heterocycles. The van der Waals surface area contributed by atoms with Crippen LogP contribution in [0.5, 0.6) is 0 Å². The van der Waals surface area contributed by atoms with Crippen LogP contribution in [0.1, 0.15) is 45.4 Å². The Kier molecular flexibility index (Phi) is 3.13. The molecule has 3 heteroatoms. The van der Waals surface area contributed by atoms with Gasteiger partial charge in [-0.3, -0.25) is 4.79 Å². The first-order valence-electron chi connectivity index (χ1n) is 7.59. The lowest BCUT2D eigenvalue weighted by atomic mass is 9.49. The Balaban J connectivity index is 1.66. The van der Waals surface area contributed by atoms with Crippen molar-refractivity contribution in [2.45, 2.75) is 45.4 Å². The molecule has 0 saturated heterocycles. The third kappa shape index (κ3) is 2.07. The minimum absolute atomic E-state index is 0.00304. The van der Waals surface area contributed by atoms with E-state index < -0.39 is 0 Å². The zero-order chi connectivity index (χ0) is 12.8. The van der Waals surface area contributed by atoms with Gasteiger partial charge in [-0.15, -0.1) is 0 Å². The predicted molar refractivity (Wildman–Crippen MR) is 71.8 cm³/mol. The van der Waals surface area contributed by atoms with E-state index in [0.29, 0.717) is 18.4 Å². The van der Waals surface area contributed by atoms with Crippen molar-refractivity contribution in [1.82, 2.24) is 5.32 Å². The SMILES string of the molecule is CC(CN)CNC(=O)C12CC3CC(CC(C3)C1)C2. The summed E-state index contributed by atoms with van der Waals surface area (Å²) in [6.45, 7) is 3.50. The summed E-state index contributed by atoms with van der Waals surface area (Å²) in [4.78, 5) is 12.6. The van der Waals surface area contributed by atoms with Gasteiger partial charge in [0.25, 0.3) is 0 Å². The van der Waals surface area contributed by atoms with E-state index in [1.54, 1.807) is 0 Å². The molecule has 4 aliphatic carbocycles. The maximum Gasteiger partial charge on any atom is 0.226 e. The average Bonchev–Trinajstić information content (AvgIpc) is 2.33. The lowest BCUT2D eigenvalue weighted by molar-refractivity contribution is -0.146. The summed E-state index contributed by atoms with van der Waals surface area (Å²) in [5.41, 5.74) is 5.62. The molecule has 18 heavy (non-hydrogen) atoms. The predicted octanol–water partition coefficient (Wildman–Crippen LogP) is 1.91. The molecule has 102 valence electrons. The van der Waals surface area contributed by atoms with Crippen LogP contribution >= 0.6 is 0 Å². The maximum atomic E-state index is 12.6. The minimum atomic E-state index is 0.00304. The van der Waals surface area contributed by atoms with Crippen molar-refractivity contribution in [2.24, 2.45) is 34.8 Å². The molecule has 1 amide bonds. The molecule has 3 nitrogen and oxygen atoms in total. The monoisotopic (exact) mass is 250 g/mol. The molecule has 0 aliphatic heterocycles. The van der Waals surface area contributed by atoms with Gasteiger partial charge in [0.1, 0.15) is 0 Å². The highest BCUT2D eigenvalue weighted by molar-refractivity contribution is 5.83.